The molecule has 2 heterocycles. The molecule has 2 amide bonds. The first kappa shape index (κ1) is 12.6. The van der Waals surface area contributed by atoms with Gasteiger partial charge in [-0.1, -0.05) is 6.92 Å². The first-order valence-corrected chi connectivity index (χ1v) is 5.97. The molecule has 0 saturated carbocycles. The third kappa shape index (κ3) is 2.67. The molecule has 1 unspecified atom stereocenters. The molecule has 98 valence electrons. The smallest absolute Gasteiger partial charge is 0.243 e. The van der Waals surface area contributed by atoms with Gasteiger partial charge in [-0.05, 0) is 12.5 Å². The topological polar surface area (TPSA) is 93.2 Å². The van der Waals surface area contributed by atoms with Crippen LogP contribution in [-0.4, -0.2) is 45.6 Å². The highest BCUT2D eigenvalue weighted by Crippen LogP contribution is 2.09. The summed E-state index contributed by atoms with van der Waals surface area (Å²) in [4.78, 5) is 24.9. The van der Waals surface area contributed by atoms with E-state index < -0.39 is 0 Å². The van der Waals surface area contributed by atoms with Gasteiger partial charge in [0, 0.05) is 12.7 Å². The van der Waals surface area contributed by atoms with Gasteiger partial charge in [0.1, 0.15) is 5.82 Å². The second-order valence-electron chi connectivity index (χ2n) is 4.31. The lowest BCUT2D eigenvalue weighted by Gasteiger charge is -2.33. The second kappa shape index (κ2) is 5.18. The number of piperazine rings is 1. The molecule has 0 aliphatic carbocycles. The van der Waals surface area contributed by atoms with Crippen molar-refractivity contribution < 1.29 is 9.59 Å². The summed E-state index contributed by atoms with van der Waals surface area (Å²) in [5.41, 5.74) is 5.52. The minimum absolute atomic E-state index is 0.214. The number of hydrogen-bond acceptors (Lipinski definition) is 5. The number of rotatable bonds is 4. The van der Waals surface area contributed by atoms with Gasteiger partial charge in [-0.2, -0.15) is 5.10 Å². The van der Waals surface area contributed by atoms with Crippen LogP contribution in [0, 0.1) is 0 Å². The monoisotopic (exact) mass is 251 g/mol. The fraction of sp³-hybridized carbons (Fsp3) is 0.545. The molecule has 1 fully saturated rings. The zero-order valence-electron chi connectivity index (χ0n) is 10.3. The zero-order chi connectivity index (χ0) is 13.1. The number of anilines is 1. The predicted molar refractivity (Wildman–Crippen MR) is 65.4 cm³/mol. The van der Waals surface area contributed by atoms with Gasteiger partial charge in [-0.15, -0.1) is 0 Å². The number of nitrogens with one attached hydrogen (secondary N) is 1. The van der Waals surface area contributed by atoms with Crippen molar-refractivity contribution in [3.8, 4) is 0 Å². The van der Waals surface area contributed by atoms with Crippen LogP contribution in [0.15, 0.2) is 12.3 Å². The summed E-state index contributed by atoms with van der Waals surface area (Å²) in [6, 6.07) is 1.47. The molecule has 1 aliphatic heterocycles. The molecular weight excluding hydrogens is 234 g/mol. The fourth-order valence-electron chi connectivity index (χ4n) is 2.13. The number of imide groups is 1. The van der Waals surface area contributed by atoms with Gasteiger partial charge < -0.3 is 5.73 Å². The molecule has 1 aliphatic rings. The molecule has 0 aromatic carbocycles. The number of amides is 2. The lowest BCUT2D eigenvalue weighted by molar-refractivity contribution is -0.140. The molecular formula is C11H17N5O2. The highest BCUT2D eigenvalue weighted by Gasteiger charge is 2.31. The number of nitrogen functional groups attached to an aromatic ring is 1. The van der Waals surface area contributed by atoms with Gasteiger partial charge in [0.2, 0.25) is 11.8 Å². The SMILES string of the molecule is CCC1C(=O)NC(=O)CN1CCn1ccc(N)n1. The Balaban J connectivity index is 1.97. The maximum absolute atomic E-state index is 11.6. The van der Waals surface area contributed by atoms with E-state index in [-0.39, 0.29) is 24.4 Å². The van der Waals surface area contributed by atoms with Gasteiger partial charge >= 0.3 is 0 Å². The molecule has 18 heavy (non-hydrogen) atoms. The van der Waals surface area contributed by atoms with Gasteiger partial charge in [0.05, 0.1) is 19.1 Å². The molecule has 3 N–H and O–H groups in total. The van der Waals surface area contributed by atoms with E-state index in [9.17, 15) is 9.59 Å². The third-order valence-electron chi connectivity index (χ3n) is 3.02. The van der Waals surface area contributed by atoms with E-state index in [1.807, 2.05) is 11.8 Å². The first-order valence-electron chi connectivity index (χ1n) is 5.97. The first-order chi connectivity index (χ1) is 8.60. The highest BCUT2D eigenvalue weighted by atomic mass is 16.2. The Bertz CT molecular complexity index is 456. The standard InChI is InChI=1S/C11H17N5O2/c1-2-8-11(18)13-10(17)7-15(8)5-6-16-4-3-9(12)14-16/h3-4,8H,2,5-7H2,1H3,(H2,12,14)(H,13,17,18). The van der Waals surface area contributed by atoms with E-state index in [2.05, 4.69) is 10.4 Å². The van der Waals surface area contributed by atoms with Crippen molar-refractivity contribution in [2.45, 2.75) is 25.9 Å². The molecule has 0 radical (unpaired) electrons. The summed E-state index contributed by atoms with van der Waals surface area (Å²) >= 11 is 0. The predicted octanol–water partition coefficient (Wildman–Crippen LogP) is -0.798. The van der Waals surface area contributed by atoms with Crippen LogP contribution >= 0.6 is 0 Å². The van der Waals surface area contributed by atoms with Crippen LogP contribution in [-0.2, 0) is 16.1 Å². The second-order valence-corrected chi connectivity index (χ2v) is 4.31. The summed E-state index contributed by atoms with van der Waals surface area (Å²) in [7, 11) is 0. The van der Waals surface area contributed by atoms with E-state index in [1.54, 1.807) is 16.9 Å². The van der Waals surface area contributed by atoms with Crippen LogP contribution in [0.25, 0.3) is 0 Å². The molecule has 1 saturated heterocycles. The Morgan fingerprint density at radius 2 is 2.28 bits per heavy atom. The van der Waals surface area contributed by atoms with Crippen LogP contribution in [0.3, 0.4) is 0 Å². The zero-order valence-corrected chi connectivity index (χ0v) is 10.3. The van der Waals surface area contributed by atoms with Gasteiger partial charge in [-0.3, -0.25) is 24.5 Å². The van der Waals surface area contributed by atoms with Crippen LogP contribution in [0.2, 0.25) is 0 Å². The molecule has 7 heteroatoms. The molecule has 1 aromatic rings. The number of hydrogen-bond donors (Lipinski definition) is 2. The Labute approximate surface area is 105 Å². The number of nitrogens with two attached hydrogens (primary N) is 1. The van der Waals surface area contributed by atoms with Crippen molar-refractivity contribution in [3.05, 3.63) is 12.3 Å². The van der Waals surface area contributed by atoms with E-state index >= 15 is 0 Å². The number of aromatic nitrogens is 2. The molecule has 2 rings (SSSR count). The molecule has 0 spiro atoms. The maximum atomic E-state index is 11.6. The van der Waals surface area contributed by atoms with Crippen LogP contribution in [0.5, 0.6) is 0 Å². The van der Waals surface area contributed by atoms with E-state index in [0.29, 0.717) is 25.3 Å². The van der Waals surface area contributed by atoms with Gasteiger partial charge in [-0.25, -0.2) is 0 Å². The Morgan fingerprint density at radius 3 is 2.89 bits per heavy atom. The lowest BCUT2D eigenvalue weighted by atomic mass is 10.1. The van der Waals surface area contributed by atoms with Crippen LogP contribution in [0.1, 0.15) is 13.3 Å². The van der Waals surface area contributed by atoms with Crippen LogP contribution in [0.4, 0.5) is 5.82 Å². The largest absolute Gasteiger partial charge is 0.382 e. The van der Waals surface area contributed by atoms with Crippen molar-refractivity contribution in [3.63, 3.8) is 0 Å². The van der Waals surface area contributed by atoms with Crippen molar-refractivity contribution >= 4 is 17.6 Å². The highest BCUT2D eigenvalue weighted by molar-refractivity contribution is 6.01. The van der Waals surface area contributed by atoms with E-state index in [4.69, 9.17) is 5.73 Å². The van der Waals surface area contributed by atoms with Crippen molar-refractivity contribution in [1.82, 2.24) is 20.0 Å². The Hall–Kier alpha value is -1.89. The number of nitrogens with zero attached hydrogens (tertiary/aromatic N) is 3. The summed E-state index contributed by atoms with van der Waals surface area (Å²) < 4.78 is 1.71. The quantitative estimate of drug-likeness (QED) is 0.683. The Kier molecular flexibility index (Phi) is 3.61. The average Bonchev–Trinajstić information content (AvgIpc) is 2.72. The minimum Gasteiger partial charge on any atom is -0.382 e. The summed E-state index contributed by atoms with van der Waals surface area (Å²) in [6.07, 6.45) is 2.46. The minimum atomic E-state index is -0.246. The molecule has 1 atom stereocenters. The van der Waals surface area contributed by atoms with Crippen molar-refractivity contribution in [1.29, 1.82) is 0 Å². The van der Waals surface area contributed by atoms with Crippen LogP contribution < -0.4 is 11.1 Å². The van der Waals surface area contributed by atoms with Crippen molar-refractivity contribution in [2.75, 3.05) is 18.8 Å². The number of carbonyl (C=O) groups excluding carboxylic acids is 2. The summed E-state index contributed by atoms with van der Waals surface area (Å²) in [5, 5.41) is 6.42. The average molecular weight is 251 g/mol. The summed E-state index contributed by atoms with van der Waals surface area (Å²) in [5.74, 6) is 0.00733. The normalized spacial score (nSPS) is 21.1. The molecule has 0 bridgehead atoms. The summed E-state index contributed by atoms with van der Waals surface area (Å²) in [6.45, 7) is 3.38. The van der Waals surface area contributed by atoms with Gasteiger partial charge in [0.15, 0.2) is 0 Å². The molecule has 1 aromatic heterocycles. The molecule has 7 nitrogen and oxygen atoms in total. The van der Waals surface area contributed by atoms with Gasteiger partial charge in [0.25, 0.3) is 0 Å². The third-order valence-corrected chi connectivity index (χ3v) is 3.02. The Morgan fingerprint density at radius 1 is 1.50 bits per heavy atom. The van der Waals surface area contributed by atoms with Crippen molar-refractivity contribution in [2.24, 2.45) is 0 Å². The fourth-order valence-corrected chi connectivity index (χ4v) is 2.13. The van der Waals surface area contributed by atoms with E-state index in [0.717, 1.165) is 0 Å². The lowest BCUT2D eigenvalue weighted by Crippen LogP contribution is -2.58. The number of carbonyl (C=O) groups is 2. The maximum Gasteiger partial charge on any atom is 0.243 e. The van der Waals surface area contributed by atoms with E-state index in [1.165, 1.54) is 0 Å².